The second kappa shape index (κ2) is 11.0. The van der Waals surface area contributed by atoms with Crippen molar-refractivity contribution < 1.29 is 17.9 Å². The van der Waals surface area contributed by atoms with Gasteiger partial charge in [-0.1, -0.05) is 42.7 Å². The molecule has 7 heteroatoms. The quantitative estimate of drug-likeness (QED) is 0.540. The smallest absolute Gasteiger partial charge is 0.264 e. The third-order valence-electron chi connectivity index (χ3n) is 5.83. The monoisotopic (exact) mass is 458 g/mol. The molecule has 2 aromatic rings. The summed E-state index contributed by atoms with van der Waals surface area (Å²) in [7, 11) is -3.90. The lowest BCUT2D eigenvalue weighted by atomic mass is 10.1. The van der Waals surface area contributed by atoms with Crippen LogP contribution in [0.1, 0.15) is 48.8 Å². The van der Waals surface area contributed by atoms with E-state index in [0.29, 0.717) is 31.4 Å². The van der Waals surface area contributed by atoms with Gasteiger partial charge in [0, 0.05) is 13.2 Å². The van der Waals surface area contributed by atoms with Crippen LogP contribution in [0.5, 0.6) is 0 Å². The number of hydrogen-bond acceptors (Lipinski definition) is 4. The topological polar surface area (TPSA) is 75.7 Å². The van der Waals surface area contributed by atoms with E-state index in [1.165, 1.54) is 17.1 Å². The zero-order valence-corrected chi connectivity index (χ0v) is 20.1. The second-order valence-electron chi connectivity index (χ2n) is 8.60. The molecule has 0 bridgehead atoms. The molecule has 0 aliphatic heterocycles. The minimum Gasteiger partial charge on any atom is -0.378 e. The largest absolute Gasteiger partial charge is 0.378 e. The van der Waals surface area contributed by atoms with Gasteiger partial charge in [0.1, 0.15) is 6.54 Å². The first kappa shape index (κ1) is 24.3. The maximum atomic E-state index is 13.5. The fourth-order valence-electron chi connectivity index (χ4n) is 3.92. The van der Waals surface area contributed by atoms with Crippen molar-refractivity contribution in [3.63, 3.8) is 0 Å². The maximum absolute atomic E-state index is 13.5. The van der Waals surface area contributed by atoms with Gasteiger partial charge >= 0.3 is 0 Å². The van der Waals surface area contributed by atoms with E-state index in [1.807, 2.05) is 39.0 Å². The minimum absolute atomic E-state index is 0.168. The highest BCUT2D eigenvalue weighted by Gasteiger charge is 2.28. The summed E-state index contributed by atoms with van der Waals surface area (Å²) in [4.78, 5) is 12.9. The number of amides is 1. The molecule has 6 nitrogen and oxygen atoms in total. The van der Waals surface area contributed by atoms with E-state index >= 15 is 0 Å². The Balaban J connectivity index is 1.70. The Bertz CT molecular complexity index is 1010. The van der Waals surface area contributed by atoms with Gasteiger partial charge in [-0.25, -0.2) is 8.42 Å². The van der Waals surface area contributed by atoms with Crippen LogP contribution in [0.15, 0.2) is 47.4 Å². The Morgan fingerprint density at radius 3 is 2.38 bits per heavy atom. The van der Waals surface area contributed by atoms with Gasteiger partial charge in [0.05, 0.1) is 16.7 Å². The van der Waals surface area contributed by atoms with Gasteiger partial charge in [-0.2, -0.15) is 0 Å². The van der Waals surface area contributed by atoms with Crippen LogP contribution in [0.2, 0.25) is 0 Å². The molecule has 0 saturated heterocycles. The Labute approximate surface area is 192 Å². The summed E-state index contributed by atoms with van der Waals surface area (Å²) in [5.41, 5.74) is 3.22. The van der Waals surface area contributed by atoms with Gasteiger partial charge in [-0.05, 0) is 69.4 Å². The first-order chi connectivity index (χ1) is 15.3. The highest BCUT2D eigenvalue weighted by molar-refractivity contribution is 7.92. The van der Waals surface area contributed by atoms with Gasteiger partial charge in [0.25, 0.3) is 10.0 Å². The predicted octanol–water partition coefficient (Wildman–Crippen LogP) is 4.27. The molecule has 1 saturated carbocycles. The Hall–Kier alpha value is -2.38. The van der Waals surface area contributed by atoms with Crippen LogP contribution < -0.4 is 9.62 Å². The summed E-state index contributed by atoms with van der Waals surface area (Å²) >= 11 is 0. The second-order valence-corrected chi connectivity index (χ2v) is 10.5. The number of hydrogen-bond donors (Lipinski definition) is 1. The zero-order valence-electron chi connectivity index (χ0n) is 19.3. The SMILES string of the molecule is Cc1ccc(S(=O)(=O)N(CC(=O)NCCCOC2CCCC2)c2cc(C)ccc2C)cc1. The van der Waals surface area contributed by atoms with Crippen LogP contribution in [0.3, 0.4) is 0 Å². The molecular weight excluding hydrogens is 424 g/mol. The van der Waals surface area contributed by atoms with Crippen LogP contribution in [0, 0.1) is 20.8 Å². The number of sulfonamides is 1. The summed E-state index contributed by atoms with van der Waals surface area (Å²) in [5.74, 6) is -0.331. The molecular formula is C25H34N2O4S. The van der Waals surface area contributed by atoms with Crippen molar-refractivity contribution in [1.29, 1.82) is 0 Å². The zero-order chi connectivity index (χ0) is 23.1. The third kappa shape index (κ3) is 6.33. The summed E-state index contributed by atoms with van der Waals surface area (Å²) in [6, 6.07) is 12.3. The van der Waals surface area contributed by atoms with Gasteiger partial charge in [0.2, 0.25) is 5.91 Å². The summed E-state index contributed by atoms with van der Waals surface area (Å²) < 4.78 is 34.0. The molecule has 1 aliphatic rings. The van der Waals surface area contributed by atoms with Gasteiger partial charge in [-0.3, -0.25) is 9.10 Å². The van der Waals surface area contributed by atoms with E-state index in [1.54, 1.807) is 24.3 Å². The highest BCUT2D eigenvalue weighted by Crippen LogP contribution is 2.28. The Kier molecular flexibility index (Phi) is 8.32. The molecule has 3 rings (SSSR count). The number of benzene rings is 2. The molecule has 174 valence electrons. The van der Waals surface area contributed by atoms with E-state index in [2.05, 4.69) is 5.32 Å². The number of ether oxygens (including phenoxy) is 1. The molecule has 0 unspecified atom stereocenters. The van der Waals surface area contributed by atoms with Crippen molar-refractivity contribution in [2.45, 2.75) is 63.9 Å². The van der Waals surface area contributed by atoms with Crippen LogP contribution >= 0.6 is 0 Å². The first-order valence-electron chi connectivity index (χ1n) is 11.3. The molecule has 1 fully saturated rings. The lowest BCUT2D eigenvalue weighted by molar-refractivity contribution is -0.119. The van der Waals surface area contributed by atoms with Gasteiger partial charge < -0.3 is 10.1 Å². The summed E-state index contributed by atoms with van der Waals surface area (Å²) in [5, 5.41) is 2.85. The number of nitrogens with zero attached hydrogens (tertiary/aromatic N) is 1. The van der Waals surface area contributed by atoms with Crippen LogP contribution in [0.4, 0.5) is 5.69 Å². The lowest BCUT2D eigenvalue weighted by Crippen LogP contribution is -2.41. The molecule has 0 aromatic heterocycles. The molecule has 2 aromatic carbocycles. The van der Waals surface area contributed by atoms with Crippen molar-refractivity contribution in [3.05, 3.63) is 59.2 Å². The fourth-order valence-corrected chi connectivity index (χ4v) is 5.39. The number of aryl methyl sites for hydroxylation is 3. The number of carbonyl (C=O) groups excluding carboxylic acids is 1. The average Bonchev–Trinajstić information content (AvgIpc) is 3.27. The average molecular weight is 459 g/mol. The Morgan fingerprint density at radius 2 is 1.69 bits per heavy atom. The van der Waals surface area contributed by atoms with E-state index in [-0.39, 0.29) is 17.3 Å². The molecule has 32 heavy (non-hydrogen) atoms. The van der Waals surface area contributed by atoms with Gasteiger partial charge in [0.15, 0.2) is 0 Å². The van der Waals surface area contributed by atoms with E-state index < -0.39 is 10.0 Å². The highest BCUT2D eigenvalue weighted by atomic mass is 32.2. The van der Waals surface area contributed by atoms with E-state index in [0.717, 1.165) is 29.5 Å². The molecule has 0 spiro atoms. The van der Waals surface area contributed by atoms with Crippen LogP contribution in [-0.4, -0.2) is 40.1 Å². The molecule has 0 heterocycles. The summed E-state index contributed by atoms with van der Waals surface area (Å²) in [6.45, 7) is 6.45. The van der Waals surface area contributed by atoms with Crippen molar-refractivity contribution in [2.24, 2.45) is 0 Å². The van der Waals surface area contributed by atoms with Crippen molar-refractivity contribution >= 4 is 21.6 Å². The van der Waals surface area contributed by atoms with E-state index in [9.17, 15) is 13.2 Å². The van der Waals surface area contributed by atoms with Crippen molar-refractivity contribution in [3.8, 4) is 0 Å². The molecule has 0 radical (unpaired) electrons. The van der Waals surface area contributed by atoms with Crippen molar-refractivity contribution in [2.75, 3.05) is 24.0 Å². The lowest BCUT2D eigenvalue weighted by Gasteiger charge is -2.26. The molecule has 0 atom stereocenters. The molecule has 1 aliphatic carbocycles. The van der Waals surface area contributed by atoms with Crippen molar-refractivity contribution in [1.82, 2.24) is 5.32 Å². The number of rotatable bonds is 10. The molecule has 1 N–H and O–H groups in total. The number of nitrogens with one attached hydrogen (secondary N) is 1. The normalized spacial score (nSPS) is 14.5. The minimum atomic E-state index is -3.90. The maximum Gasteiger partial charge on any atom is 0.264 e. The predicted molar refractivity (Wildman–Crippen MR) is 127 cm³/mol. The third-order valence-corrected chi connectivity index (χ3v) is 7.60. The number of anilines is 1. The fraction of sp³-hybridized carbons (Fsp3) is 0.480. The van der Waals surface area contributed by atoms with E-state index in [4.69, 9.17) is 4.74 Å². The van der Waals surface area contributed by atoms with Gasteiger partial charge in [-0.15, -0.1) is 0 Å². The van der Waals surface area contributed by atoms with Crippen LogP contribution in [0.25, 0.3) is 0 Å². The standard InChI is InChI=1S/C25H34N2O4S/c1-19-10-13-23(14-11-19)32(29,30)27(24-17-20(2)9-12-21(24)3)18-25(28)26-15-6-16-31-22-7-4-5-8-22/h9-14,17,22H,4-8,15-16,18H2,1-3H3,(H,26,28). The Morgan fingerprint density at radius 1 is 1.03 bits per heavy atom. The number of carbonyl (C=O) groups is 1. The molecule has 1 amide bonds. The summed E-state index contributed by atoms with van der Waals surface area (Å²) in [6.07, 6.45) is 5.75. The van der Waals surface area contributed by atoms with Crippen LogP contribution in [-0.2, 0) is 19.6 Å². The first-order valence-corrected chi connectivity index (χ1v) is 12.8.